The summed E-state index contributed by atoms with van der Waals surface area (Å²) in [4.78, 5) is 8.46. The fraction of sp³-hybridized carbons (Fsp3) is 0.111. The molecule has 0 fully saturated rings. The monoisotopic (exact) mass is 369 g/mol. The maximum atomic E-state index is 6.24. The van der Waals surface area contributed by atoms with Crippen LogP contribution in [0, 0.1) is 6.92 Å². The van der Waals surface area contributed by atoms with Crippen molar-refractivity contribution in [3.05, 3.63) is 53.3 Å². The molecule has 4 rings (SSSR count). The molecule has 3 aromatic rings. The van der Waals surface area contributed by atoms with Crippen LogP contribution in [0.25, 0.3) is 0 Å². The quantitative estimate of drug-likeness (QED) is 0.633. The Kier molecular flexibility index (Phi) is 4.14. The number of nitrogens with zero attached hydrogens (tertiary/aromatic N) is 2. The first-order chi connectivity index (χ1) is 12.6. The van der Waals surface area contributed by atoms with Crippen molar-refractivity contribution in [3.63, 3.8) is 0 Å². The third-order valence-electron chi connectivity index (χ3n) is 3.96. The molecule has 0 aliphatic carbocycles. The van der Waals surface area contributed by atoms with Crippen LogP contribution in [0.1, 0.15) is 5.56 Å². The van der Waals surface area contributed by atoms with Gasteiger partial charge in [0.2, 0.25) is 6.79 Å². The number of aromatic nitrogens is 2. The fourth-order valence-electron chi connectivity index (χ4n) is 2.60. The van der Waals surface area contributed by atoms with Crippen molar-refractivity contribution >= 4 is 40.3 Å². The number of rotatable bonds is 4. The van der Waals surface area contributed by atoms with Gasteiger partial charge in [-0.25, -0.2) is 9.97 Å². The molecule has 8 heteroatoms. The number of fused-ring (bicyclic) bond motifs is 1. The van der Waals surface area contributed by atoms with Gasteiger partial charge in [0.05, 0.1) is 0 Å². The third-order valence-corrected chi connectivity index (χ3v) is 4.20. The lowest BCUT2D eigenvalue weighted by Gasteiger charge is -2.14. The Hall–Kier alpha value is -3.19. The Labute approximate surface area is 155 Å². The van der Waals surface area contributed by atoms with Crippen molar-refractivity contribution in [2.45, 2.75) is 6.92 Å². The van der Waals surface area contributed by atoms with Crippen molar-refractivity contribution < 1.29 is 9.47 Å². The van der Waals surface area contributed by atoms with Crippen LogP contribution in [0.2, 0.25) is 5.02 Å². The van der Waals surface area contributed by atoms with Gasteiger partial charge in [-0.1, -0.05) is 11.6 Å². The van der Waals surface area contributed by atoms with Gasteiger partial charge in [-0.05, 0) is 42.8 Å². The highest BCUT2D eigenvalue weighted by Gasteiger charge is 2.15. The molecule has 2 heterocycles. The fourth-order valence-corrected chi connectivity index (χ4v) is 2.83. The van der Waals surface area contributed by atoms with Crippen LogP contribution in [-0.2, 0) is 0 Å². The minimum atomic E-state index is 0.225. The van der Waals surface area contributed by atoms with Gasteiger partial charge in [0, 0.05) is 22.5 Å². The number of hydrogen-bond acceptors (Lipinski definition) is 7. The van der Waals surface area contributed by atoms with E-state index in [1.165, 1.54) is 6.33 Å². The van der Waals surface area contributed by atoms with E-state index in [4.69, 9.17) is 26.8 Å². The van der Waals surface area contributed by atoms with Crippen LogP contribution in [0.3, 0.4) is 0 Å². The van der Waals surface area contributed by atoms with Crippen molar-refractivity contribution in [2.24, 2.45) is 0 Å². The van der Waals surface area contributed by atoms with E-state index in [0.29, 0.717) is 33.8 Å². The second-order valence-corrected chi connectivity index (χ2v) is 6.20. The largest absolute Gasteiger partial charge is 0.454 e. The molecule has 1 aliphatic heterocycles. The number of nitrogens with one attached hydrogen (secondary N) is 2. The second kappa shape index (κ2) is 6.61. The van der Waals surface area contributed by atoms with E-state index in [1.54, 1.807) is 6.07 Å². The zero-order valence-electron chi connectivity index (χ0n) is 13.9. The molecule has 0 atom stereocenters. The lowest BCUT2D eigenvalue weighted by Crippen LogP contribution is -2.05. The lowest BCUT2D eigenvalue weighted by molar-refractivity contribution is 0.174. The predicted molar refractivity (Wildman–Crippen MR) is 102 cm³/mol. The number of nitrogens with two attached hydrogens (primary N) is 1. The zero-order chi connectivity index (χ0) is 18.1. The van der Waals surface area contributed by atoms with Gasteiger partial charge in [0.1, 0.15) is 12.0 Å². The van der Waals surface area contributed by atoms with Crippen LogP contribution in [0.4, 0.5) is 28.7 Å². The highest BCUT2D eigenvalue weighted by Crippen LogP contribution is 2.36. The molecule has 4 N–H and O–H groups in total. The molecule has 2 aromatic carbocycles. The summed E-state index contributed by atoms with van der Waals surface area (Å²) in [6.07, 6.45) is 1.44. The standard InChI is InChI=1S/C18H16ClN5O2/c1-10-6-11(19)2-4-13(10)24-18-16(20)17(21-8-22-18)23-12-3-5-14-15(7-12)26-9-25-14/h2-8H,9,20H2,1H3,(H2,21,22,23,24). The molecule has 0 bridgehead atoms. The molecular weight excluding hydrogens is 354 g/mol. The molecule has 0 radical (unpaired) electrons. The van der Waals surface area contributed by atoms with Gasteiger partial charge in [-0.2, -0.15) is 0 Å². The molecule has 132 valence electrons. The van der Waals surface area contributed by atoms with Gasteiger partial charge < -0.3 is 25.8 Å². The average molecular weight is 370 g/mol. The van der Waals surface area contributed by atoms with E-state index in [-0.39, 0.29) is 6.79 Å². The summed E-state index contributed by atoms with van der Waals surface area (Å²) in [5, 5.41) is 7.07. The Bertz CT molecular complexity index is 980. The lowest BCUT2D eigenvalue weighted by atomic mass is 10.2. The van der Waals surface area contributed by atoms with E-state index in [0.717, 1.165) is 16.9 Å². The molecule has 0 amide bonds. The second-order valence-electron chi connectivity index (χ2n) is 5.76. The van der Waals surface area contributed by atoms with Crippen molar-refractivity contribution in [1.29, 1.82) is 0 Å². The summed E-state index contributed by atoms with van der Waals surface area (Å²) in [6, 6.07) is 11.1. The molecule has 26 heavy (non-hydrogen) atoms. The smallest absolute Gasteiger partial charge is 0.231 e. The van der Waals surface area contributed by atoms with Crippen molar-refractivity contribution in [2.75, 3.05) is 23.2 Å². The summed E-state index contributed by atoms with van der Waals surface area (Å²) >= 11 is 6.00. The molecular formula is C18H16ClN5O2. The Morgan fingerprint density at radius 2 is 1.77 bits per heavy atom. The minimum Gasteiger partial charge on any atom is -0.454 e. The Morgan fingerprint density at radius 3 is 2.58 bits per heavy atom. The summed E-state index contributed by atoms with van der Waals surface area (Å²) in [7, 11) is 0. The van der Waals surface area contributed by atoms with Crippen molar-refractivity contribution in [3.8, 4) is 11.5 Å². The number of anilines is 5. The molecule has 1 aliphatic rings. The minimum absolute atomic E-state index is 0.225. The summed E-state index contributed by atoms with van der Waals surface area (Å²) in [5.41, 5.74) is 9.28. The first kappa shape index (κ1) is 16.3. The van der Waals surface area contributed by atoms with Crippen LogP contribution in [0.15, 0.2) is 42.7 Å². The van der Waals surface area contributed by atoms with E-state index in [9.17, 15) is 0 Å². The van der Waals surface area contributed by atoms with Crippen LogP contribution in [0.5, 0.6) is 11.5 Å². The van der Waals surface area contributed by atoms with Gasteiger partial charge in [0.25, 0.3) is 0 Å². The number of nitrogen functional groups attached to an aromatic ring is 1. The number of ether oxygens (including phenoxy) is 2. The molecule has 0 unspecified atom stereocenters. The van der Waals surface area contributed by atoms with Gasteiger partial charge in [-0.15, -0.1) is 0 Å². The highest BCUT2D eigenvalue weighted by molar-refractivity contribution is 6.30. The molecule has 7 nitrogen and oxygen atoms in total. The molecule has 0 saturated carbocycles. The highest BCUT2D eigenvalue weighted by atomic mass is 35.5. The first-order valence-electron chi connectivity index (χ1n) is 7.90. The third kappa shape index (κ3) is 3.16. The SMILES string of the molecule is Cc1cc(Cl)ccc1Nc1ncnc(Nc2ccc3c(c2)OCO3)c1N. The average Bonchev–Trinajstić information content (AvgIpc) is 3.08. The maximum Gasteiger partial charge on any atom is 0.231 e. The predicted octanol–water partition coefficient (Wildman–Crippen LogP) is 4.24. The number of hydrogen-bond donors (Lipinski definition) is 3. The van der Waals surface area contributed by atoms with E-state index in [1.807, 2.05) is 37.3 Å². The summed E-state index contributed by atoms with van der Waals surface area (Å²) in [5.74, 6) is 2.39. The maximum absolute atomic E-state index is 6.24. The molecule has 0 spiro atoms. The van der Waals surface area contributed by atoms with E-state index >= 15 is 0 Å². The van der Waals surface area contributed by atoms with Gasteiger partial charge >= 0.3 is 0 Å². The van der Waals surface area contributed by atoms with Crippen LogP contribution >= 0.6 is 11.6 Å². The van der Waals surface area contributed by atoms with Gasteiger partial charge in [0.15, 0.2) is 23.1 Å². The normalized spacial score (nSPS) is 12.1. The van der Waals surface area contributed by atoms with Crippen LogP contribution < -0.4 is 25.8 Å². The molecule has 1 aromatic heterocycles. The van der Waals surface area contributed by atoms with Crippen LogP contribution in [-0.4, -0.2) is 16.8 Å². The summed E-state index contributed by atoms with van der Waals surface area (Å²) in [6.45, 7) is 2.18. The summed E-state index contributed by atoms with van der Waals surface area (Å²) < 4.78 is 10.7. The number of benzene rings is 2. The Balaban J connectivity index is 1.59. The number of aryl methyl sites for hydroxylation is 1. The zero-order valence-corrected chi connectivity index (χ0v) is 14.7. The molecule has 0 saturated heterocycles. The van der Waals surface area contributed by atoms with Crippen molar-refractivity contribution in [1.82, 2.24) is 9.97 Å². The van der Waals surface area contributed by atoms with E-state index in [2.05, 4.69) is 20.6 Å². The Morgan fingerprint density at radius 1 is 1.00 bits per heavy atom. The number of halogens is 1. The topological polar surface area (TPSA) is 94.3 Å². The van der Waals surface area contributed by atoms with Gasteiger partial charge in [-0.3, -0.25) is 0 Å². The first-order valence-corrected chi connectivity index (χ1v) is 8.28. The van der Waals surface area contributed by atoms with E-state index < -0.39 is 0 Å².